The molecule has 2 rings (SSSR count). The molecule has 0 saturated carbocycles. The number of amides is 2. The van der Waals surface area contributed by atoms with Crippen molar-refractivity contribution < 1.29 is 14.0 Å². The minimum Gasteiger partial charge on any atom is -0.465 e. The van der Waals surface area contributed by atoms with E-state index in [1.165, 1.54) is 12.3 Å². The summed E-state index contributed by atoms with van der Waals surface area (Å²) in [7, 11) is 0. The van der Waals surface area contributed by atoms with Gasteiger partial charge in [-0.1, -0.05) is 24.3 Å². The van der Waals surface area contributed by atoms with Crippen molar-refractivity contribution in [1.82, 2.24) is 10.6 Å². The van der Waals surface area contributed by atoms with Crippen LogP contribution < -0.4 is 10.6 Å². The topological polar surface area (TPSA) is 71.3 Å². The molecule has 0 fully saturated rings. The van der Waals surface area contributed by atoms with E-state index in [0.29, 0.717) is 17.9 Å². The van der Waals surface area contributed by atoms with Gasteiger partial charge in [-0.15, -0.1) is 6.58 Å². The van der Waals surface area contributed by atoms with Crippen LogP contribution >= 0.6 is 0 Å². The Labute approximate surface area is 128 Å². The average molecular weight is 296 g/mol. The molecule has 0 bridgehead atoms. The summed E-state index contributed by atoms with van der Waals surface area (Å²) in [5, 5.41) is 5.22. The highest BCUT2D eigenvalue weighted by Crippen LogP contribution is 2.07. The van der Waals surface area contributed by atoms with Gasteiger partial charge in [-0.2, -0.15) is 0 Å². The molecule has 0 unspecified atom stereocenters. The second kappa shape index (κ2) is 7.64. The predicted octanol–water partition coefficient (Wildman–Crippen LogP) is 2.35. The number of carbonyl (C=O) groups is 2. The van der Waals surface area contributed by atoms with E-state index in [2.05, 4.69) is 17.2 Å². The molecule has 0 spiro atoms. The molecule has 0 atom stereocenters. The van der Waals surface area contributed by atoms with Crippen molar-refractivity contribution in [3.63, 3.8) is 0 Å². The number of carbonyl (C=O) groups excluding carboxylic acids is 2. The van der Waals surface area contributed by atoms with Crippen LogP contribution in [0.2, 0.25) is 0 Å². The Morgan fingerprint density at radius 1 is 1.14 bits per heavy atom. The van der Waals surface area contributed by atoms with Gasteiger partial charge >= 0.3 is 0 Å². The maximum atomic E-state index is 12.2. The fourth-order valence-corrected chi connectivity index (χ4v) is 1.72. The highest BCUT2D eigenvalue weighted by molar-refractivity contribution is 6.05. The van der Waals surface area contributed by atoms with E-state index < -0.39 is 5.91 Å². The van der Waals surface area contributed by atoms with Gasteiger partial charge in [0.1, 0.15) is 11.5 Å². The normalized spacial score (nSPS) is 10.8. The second-order valence-corrected chi connectivity index (χ2v) is 4.39. The summed E-state index contributed by atoms with van der Waals surface area (Å²) >= 11 is 0. The van der Waals surface area contributed by atoms with E-state index in [1.54, 1.807) is 42.5 Å². The van der Waals surface area contributed by atoms with E-state index in [4.69, 9.17) is 4.42 Å². The monoisotopic (exact) mass is 296 g/mol. The Morgan fingerprint density at radius 3 is 2.55 bits per heavy atom. The molecule has 2 N–H and O–H groups in total. The lowest BCUT2D eigenvalue weighted by Gasteiger charge is -2.09. The minimum atomic E-state index is -0.416. The quantitative estimate of drug-likeness (QED) is 0.635. The lowest BCUT2D eigenvalue weighted by Crippen LogP contribution is -2.34. The molecule has 112 valence electrons. The Kier molecular flexibility index (Phi) is 5.31. The zero-order chi connectivity index (χ0) is 15.8. The summed E-state index contributed by atoms with van der Waals surface area (Å²) in [4.78, 5) is 24.3. The van der Waals surface area contributed by atoms with Crippen molar-refractivity contribution in [3.8, 4) is 0 Å². The summed E-state index contributed by atoms with van der Waals surface area (Å²) in [6.45, 7) is 3.84. The van der Waals surface area contributed by atoms with E-state index in [-0.39, 0.29) is 11.6 Å². The van der Waals surface area contributed by atoms with Crippen LogP contribution in [0, 0.1) is 0 Å². The van der Waals surface area contributed by atoms with Crippen LogP contribution in [-0.2, 0) is 4.79 Å². The predicted molar refractivity (Wildman–Crippen MR) is 83.8 cm³/mol. The number of nitrogens with one attached hydrogen (secondary N) is 2. The minimum absolute atomic E-state index is 0.102. The summed E-state index contributed by atoms with van der Waals surface area (Å²) in [5.74, 6) is -0.315. The molecule has 1 aromatic heterocycles. The maximum Gasteiger partial charge on any atom is 0.268 e. The molecular formula is C17H16N2O3. The number of hydrogen-bond donors (Lipinski definition) is 2. The molecular weight excluding hydrogens is 280 g/mol. The van der Waals surface area contributed by atoms with E-state index in [1.807, 2.05) is 6.07 Å². The first-order chi connectivity index (χ1) is 10.7. The van der Waals surface area contributed by atoms with Gasteiger partial charge < -0.3 is 15.1 Å². The average Bonchev–Trinajstić information content (AvgIpc) is 3.05. The maximum absolute atomic E-state index is 12.2. The van der Waals surface area contributed by atoms with Crippen molar-refractivity contribution in [3.05, 3.63) is 78.4 Å². The van der Waals surface area contributed by atoms with Crippen molar-refractivity contribution in [2.45, 2.75) is 0 Å². The number of hydrogen-bond acceptors (Lipinski definition) is 3. The fraction of sp³-hybridized carbons (Fsp3) is 0.0588. The Hall–Kier alpha value is -3.08. The van der Waals surface area contributed by atoms with Crippen molar-refractivity contribution in [2.24, 2.45) is 0 Å². The van der Waals surface area contributed by atoms with Crippen LogP contribution in [0.5, 0.6) is 0 Å². The van der Waals surface area contributed by atoms with E-state index in [0.717, 1.165) is 0 Å². The first kappa shape index (κ1) is 15.3. The summed E-state index contributed by atoms with van der Waals surface area (Å²) in [6, 6.07) is 12.0. The lowest BCUT2D eigenvalue weighted by molar-refractivity contribution is -0.117. The van der Waals surface area contributed by atoms with Gasteiger partial charge in [-0.25, -0.2) is 0 Å². The highest BCUT2D eigenvalue weighted by Gasteiger charge is 2.14. The van der Waals surface area contributed by atoms with Gasteiger partial charge in [0.2, 0.25) is 0 Å². The van der Waals surface area contributed by atoms with Crippen LogP contribution in [-0.4, -0.2) is 18.4 Å². The van der Waals surface area contributed by atoms with E-state index in [9.17, 15) is 9.59 Å². The zero-order valence-electron chi connectivity index (χ0n) is 11.9. The van der Waals surface area contributed by atoms with Gasteiger partial charge in [0.25, 0.3) is 11.8 Å². The Bertz CT molecular complexity index is 673. The molecule has 5 nitrogen and oxygen atoms in total. The standard InChI is InChI=1S/C17H16N2O3/c1-2-10-18-17(21)15(12-14-9-6-11-22-14)19-16(20)13-7-4-3-5-8-13/h2-9,11-12H,1,10H2,(H,18,21)(H,19,20). The number of rotatable bonds is 6. The molecule has 1 heterocycles. The number of furan rings is 1. The molecule has 2 amide bonds. The first-order valence-electron chi connectivity index (χ1n) is 6.71. The third-order valence-electron chi connectivity index (χ3n) is 2.77. The van der Waals surface area contributed by atoms with Crippen molar-refractivity contribution in [2.75, 3.05) is 6.54 Å². The molecule has 5 heteroatoms. The first-order valence-corrected chi connectivity index (χ1v) is 6.71. The van der Waals surface area contributed by atoms with Crippen LogP contribution in [0.3, 0.4) is 0 Å². The zero-order valence-corrected chi connectivity index (χ0v) is 11.9. The molecule has 0 aliphatic heterocycles. The van der Waals surface area contributed by atoms with Crippen LogP contribution in [0.25, 0.3) is 6.08 Å². The highest BCUT2D eigenvalue weighted by atomic mass is 16.3. The molecule has 22 heavy (non-hydrogen) atoms. The molecule has 0 saturated heterocycles. The smallest absolute Gasteiger partial charge is 0.268 e. The van der Waals surface area contributed by atoms with Crippen LogP contribution in [0.4, 0.5) is 0 Å². The van der Waals surface area contributed by atoms with E-state index >= 15 is 0 Å². The summed E-state index contributed by atoms with van der Waals surface area (Å²) in [6.07, 6.45) is 4.52. The van der Waals surface area contributed by atoms with Crippen molar-refractivity contribution >= 4 is 17.9 Å². The second-order valence-electron chi connectivity index (χ2n) is 4.39. The molecule has 2 aromatic rings. The Balaban J connectivity index is 2.19. The molecule has 1 aromatic carbocycles. The lowest BCUT2D eigenvalue weighted by atomic mass is 10.2. The van der Waals surface area contributed by atoms with Crippen molar-refractivity contribution in [1.29, 1.82) is 0 Å². The number of benzene rings is 1. The van der Waals surface area contributed by atoms with Gasteiger partial charge in [0.15, 0.2) is 0 Å². The van der Waals surface area contributed by atoms with Gasteiger partial charge in [-0.3, -0.25) is 9.59 Å². The van der Waals surface area contributed by atoms with Crippen LogP contribution in [0.1, 0.15) is 16.1 Å². The SMILES string of the molecule is C=CCNC(=O)C(=Cc1ccco1)NC(=O)c1ccccc1. The molecule has 0 radical (unpaired) electrons. The van der Waals surface area contributed by atoms with Gasteiger partial charge in [0.05, 0.1) is 6.26 Å². The summed E-state index contributed by atoms with van der Waals surface area (Å²) in [5.41, 5.74) is 0.565. The third-order valence-corrected chi connectivity index (χ3v) is 2.77. The fourth-order valence-electron chi connectivity index (χ4n) is 1.72. The largest absolute Gasteiger partial charge is 0.465 e. The molecule has 0 aliphatic rings. The van der Waals surface area contributed by atoms with Gasteiger partial charge in [-0.05, 0) is 24.3 Å². The third kappa shape index (κ3) is 4.21. The van der Waals surface area contributed by atoms with Crippen LogP contribution in [0.15, 0.2) is 71.5 Å². The Morgan fingerprint density at radius 2 is 1.91 bits per heavy atom. The molecule has 0 aliphatic carbocycles. The van der Waals surface area contributed by atoms with Gasteiger partial charge in [0, 0.05) is 18.2 Å². The summed E-state index contributed by atoms with van der Waals surface area (Å²) < 4.78 is 5.18.